The SMILES string of the molecule is O=C(NN=CC=Cc1ccccc1[N+](=O)[O-])c1cc2c(s1)CCCC2. The molecule has 6 nitrogen and oxygen atoms in total. The van der Waals surface area contributed by atoms with Crippen LogP contribution in [0.4, 0.5) is 5.69 Å². The predicted molar refractivity (Wildman–Crippen MR) is 99.0 cm³/mol. The van der Waals surface area contributed by atoms with Gasteiger partial charge < -0.3 is 0 Å². The number of hydrogen-bond donors (Lipinski definition) is 1. The Hall–Kier alpha value is -2.80. The molecule has 0 saturated carbocycles. The van der Waals surface area contributed by atoms with Crippen LogP contribution in [0.5, 0.6) is 0 Å². The first kappa shape index (κ1) is 17.0. The lowest BCUT2D eigenvalue weighted by molar-refractivity contribution is -0.385. The van der Waals surface area contributed by atoms with Gasteiger partial charge >= 0.3 is 0 Å². The van der Waals surface area contributed by atoms with Gasteiger partial charge in [-0.1, -0.05) is 12.1 Å². The highest BCUT2D eigenvalue weighted by molar-refractivity contribution is 7.14. The number of nitro benzene ring substituents is 1. The number of nitrogens with one attached hydrogen (secondary N) is 1. The van der Waals surface area contributed by atoms with Gasteiger partial charge in [0, 0.05) is 17.2 Å². The number of nitrogens with zero attached hydrogens (tertiary/aromatic N) is 2. The van der Waals surface area contributed by atoms with E-state index in [9.17, 15) is 14.9 Å². The summed E-state index contributed by atoms with van der Waals surface area (Å²) >= 11 is 1.53. The number of amides is 1. The summed E-state index contributed by atoms with van der Waals surface area (Å²) in [5, 5.41) is 14.8. The molecule has 0 unspecified atom stereocenters. The zero-order valence-corrected chi connectivity index (χ0v) is 14.3. The molecule has 0 aliphatic heterocycles. The van der Waals surface area contributed by atoms with E-state index in [1.165, 1.54) is 46.9 Å². The Morgan fingerprint density at radius 1 is 1.28 bits per heavy atom. The molecule has 1 aliphatic rings. The minimum absolute atomic E-state index is 0.0281. The predicted octanol–water partition coefficient (Wildman–Crippen LogP) is 3.96. The summed E-state index contributed by atoms with van der Waals surface area (Å²) in [5.74, 6) is -0.227. The maximum atomic E-state index is 12.1. The lowest BCUT2D eigenvalue weighted by Crippen LogP contribution is -2.15. The lowest BCUT2D eigenvalue weighted by Gasteiger charge is -2.08. The van der Waals surface area contributed by atoms with Crippen LogP contribution in [0.1, 0.15) is 38.5 Å². The Morgan fingerprint density at radius 3 is 2.88 bits per heavy atom. The normalized spacial score (nSPS) is 13.9. The molecule has 1 aromatic heterocycles. The molecule has 1 aromatic carbocycles. The van der Waals surface area contributed by atoms with Gasteiger partial charge in [0.2, 0.25) is 0 Å². The Kier molecular flexibility index (Phi) is 5.35. The summed E-state index contributed by atoms with van der Waals surface area (Å²) in [6, 6.07) is 8.39. The molecule has 1 amide bonds. The minimum atomic E-state index is -0.433. The average Bonchev–Trinajstić information content (AvgIpc) is 3.06. The highest BCUT2D eigenvalue weighted by Gasteiger charge is 2.16. The van der Waals surface area contributed by atoms with Gasteiger partial charge in [-0.2, -0.15) is 5.10 Å². The fourth-order valence-corrected chi connectivity index (χ4v) is 3.88. The van der Waals surface area contributed by atoms with Crippen molar-refractivity contribution in [2.75, 3.05) is 0 Å². The van der Waals surface area contributed by atoms with Crippen molar-refractivity contribution in [2.24, 2.45) is 5.10 Å². The van der Waals surface area contributed by atoms with Gasteiger partial charge in [-0.15, -0.1) is 11.3 Å². The van der Waals surface area contributed by atoms with Crippen molar-refractivity contribution in [3.8, 4) is 0 Å². The molecule has 0 atom stereocenters. The van der Waals surface area contributed by atoms with Gasteiger partial charge in [-0.3, -0.25) is 14.9 Å². The second-order valence-corrected chi connectivity index (χ2v) is 6.80. The van der Waals surface area contributed by atoms with Gasteiger partial charge in [0.15, 0.2) is 0 Å². The molecule has 1 N–H and O–H groups in total. The van der Waals surface area contributed by atoms with Crippen molar-refractivity contribution in [3.05, 3.63) is 67.4 Å². The van der Waals surface area contributed by atoms with E-state index in [0.29, 0.717) is 10.4 Å². The number of thiophene rings is 1. The third-order valence-electron chi connectivity index (χ3n) is 3.96. The molecule has 0 saturated heterocycles. The van der Waals surface area contributed by atoms with Crippen molar-refractivity contribution >= 4 is 35.2 Å². The number of carbonyl (C=O) groups excluding carboxylic acids is 1. The van der Waals surface area contributed by atoms with Crippen LogP contribution >= 0.6 is 11.3 Å². The summed E-state index contributed by atoms with van der Waals surface area (Å²) in [5.41, 5.74) is 4.28. The van der Waals surface area contributed by atoms with Crippen LogP contribution < -0.4 is 5.43 Å². The van der Waals surface area contributed by atoms with Crippen molar-refractivity contribution < 1.29 is 9.72 Å². The largest absolute Gasteiger partial charge is 0.281 e. The molecule has 128 valence electrons. The van der Waals surface area contributed by atoms with Crippen LogP contribution in [-0.2, 0) is 12.8 Å². The zero-order valence-electron chi connectivity index (χ0n) is 13.5. The average molecular weight is 355 g/mol. The van der Waals surface area contributed by atoms with Gasteiger partial charge in [0.05, 0.1) is 15.4 Å². The summed E-state index contributed by atoms with van der Waals surface area (Å²) in [6.45, 7) is 0. The van der Waals surface area contributed by atoms with Gasteiger partial charge in [0.1, 0.15) is 0 Å². The van der Waals surface area contributed by atoms with E-state index in [1.54, 1.807) is 30.4 Å². The van der Waals surface area contributed by atoms with E-state index in [2.05, 4.69) is 10.5 Å². The Balaban J connectivity index is 1.59. The van der Waals surface area contributed by atoms with E-state index in [-0.39, 0.29) is 11.6 Å². The van der Waals surface area contributed by atoms with E-state index >= 15 is 0 Å². The number of rotatable bonds is 5. The highest BCUT2D eigenvalue weighted by atomic mass is 32.1. The number of aryl methyl sites for hydroxylation is 2. The van der Waals surface area contributed by atoms with E-state index in [1.807, 2.05) is 6.07 Å². The molecule has 1 aliphatic carbocycles. The third kappa shape index (κ3) is 4.19. The summed E-state index contributed by atoms with van der Waals surface area (Å²) < 4.78 is 0. The van der Waals surface area contributed by atoms with Gasteiger partial charge in [-0.05, 0) is 55.5 Å². The van der Waals surface area contributed by atoms with Crippen LogP contribution in [0.25, 0.3) is 6.08 Å². The van der Waals surface area contributed by atoms with E-state index < -0.39 is 4.92 Å². The fourth-order valence-electron chi connectivity index (χ4n) is 2.74. The monoisotopic (exact) mass is 355 g/mol. The van der Waals surface area contributed by atoms with Crippen molar-refractivity contribution in [1.82, 2.24) is 5.43 Å². The number of fused-ring (bicyclic) bond motifs is 1. The number of para-hydroxylation sites is 1. The second-order valence-electron chi connectivity index (χ2n) is 5.66. The smallest absolute Gasteiger partial charge is 0.266 e. The molecule has 3 rings (SSSR count). The molecule has 2 aromatic rings. The Morgan fingerprint density at radius 2 is 2.08 bits per heavy atom. The molecule has 0 bridgehead atoms. The standard InChI is InChI=1S/C18H17N3O3S/c22-18(17-12-14-7-2-4-10-16(14)25-17)20-19-11-5-8-13-6-1-3-9-15(13)21(23)24/h1,3,5-6,8-9,11-12H,2,4,7,10H2,(H,20,22). The molecule has 0 fully saturated rings. The molecule has 0 spiro atoms. The van der Waals surface area contributed by atoms with Crippen LogP contribution in [-0.4, -0.2) is 17.0 Å². The zero-order chi connectivity index (χ0) is 17.6. The maximum Gasteiger partial charge on any atom is 0.281 e. The molecular weight excluding hydrogens is 338 g/mol. The van der Waals surface area contributed by atoms with Crippen molar-refractivity contribution in [3.63, 3.8) is 0 Å². The quantitative estimate of drug-likeness (QED) is 0.500. The molecule has 1 heterocycles. The fraction of sp³-hybridized carbons (Fsp3) is 0.222. The van der Waals surface area contributed by atoms with Crippen molar-refractivity contribution in [1.29, 1.82) is 0 Å². The number of benzene rings is 1. The number of nitro groups is 1. The Labute approximate surface area is 149 Å². The summed E-state index contributed by atoms with van der Waals surface area (Å²) in [7, 11) is 0. The number of hydrazone groups is 1. The highest BCUT2D eigenvalue weighted by Crippen LogP contribution is 2.29. The Bertz CT molecular complexity index is 832. The van der Waals surface area contributed by atoms with E-state index in [4.69, 9.17) is 0 Å². The first-order valence-corrected chi connectivity index (χ1v) is 8.82. The van der Waals surface area contributed by atoms with Crippen LogP contribution in [0.2, 0.25) is 0 Å². The number of hydrogen-bond acceptors (Lipinski definition) is 5. The molecule has 0 radical (unpaired) electrons. The topological polar surface area (TPSA) is 84.6 Å². The summed E-state index contributed by atoms with van der Waals surface area (Å²) in [4.78, 5) is 24.6. The minimum Gasteiger partial charge on any atom is -0.266 e. The first-order chi connectivity index (χ1) is 12.1. The second kappa shape index (κ2) is 7.85. The number of allylic oxidation sites excluding steroid dienone is 1. The number of carbonyl (C=O) groups is 1. The van der Waals surface area contributed by atoms with Crippen LogP contribution in [0.3, 0.4) is 0 Å². The third-order valence-corrected chi connectivity index (χ3v) is 5.19. The molecular formula is C18H17N3O3S. The van der Waals surface area contributed by atoms with Crippen LogP contribution in [0, 0.1) is 10.1 Å². The van der Waals surface area contributed by atoms with Crippen LogP contribution in [0.15, 0.2) is 41.5 Å². The molecule has 7 heteroatoms. The summed E-state index contributed by atoms with van der Waals surface area (Å²) in [6.07, 6.45) is 9.00. The van der Waals surface area contributed by atoms with E-state index in [0.717, 1.165) is 12.8 Å². The van der Waals surface area contributed by atoms with Gasteiger partial charge in [0.25, 0.3) is 11.6 Å². The lowest BCUT2D eigenvalue weighted by atomic mass is 9.99. The maximum absolute atomic E-state index is 12.1. The van der Waals surface area contributed by atoms with Gasteiger partial charge in [-0.25, -0.2) is 5.43 Å². The first-order valence-electron chi connectivity index (χ1n) is 8.00. The van der Waals surface area contributed by atoms with Crippen molar-refractivity contribution in [2.45, 2.75) is 25.7 Å². The molecule has 25 heavy (non-hydrogen) atoms.